The Bertz CT molecular complexity index is 665. The Kier molecular flexibility index (Phi) is 9.56. The van der Waals surface area contributed by atoms with E-state index in [9.17, 15) is 4.21 Å². The van der Waals surface area contributed by atoms with Gasteiger partial charge in [0.25, 0.3) is 0 Å². The summed E-state index contributed by atoms with van der Waals surface area (Å²) in [5.74, 6) is 1.66. The van der Waals surface area contributed by atoms with Gasteiger partial charge in [-0.05, 0) is 62.1 Å². The highest BCUT2D eigenvalue weighted by molar-refractivity contribution is 14.0. The Morgan fingerprint density at radius 3 is 2.78 bits per heavy atom. The van der Waals surface area contributed by atoms with Crippen LogP contribution in [0.15, 0.2) is 23.2 Å². The molecule has 0 aromatic heterocycles. The monoisotopic (exact) mass is 503 g/mol. The van der Waals surface area contributed by atoms with E-state index in [-0.39, 0.29) is 24.0 Å². The number of nitrogens with zero attached hydrogens (tertiary/aromatic N) is 1. The normalized spacial score (nSPS) is 23.3. The number of hydrogen-bond acceptors (Lipinski definition) is 2. The zero-order valence-corrected chi connectivity index (χ0v) is 19.8. The molecule has 2 aliphatic rings. The molecule has 27 heavy (non-hydrogen) atoms. The third-order valence-corrected chi connectivity index (χ3v) is 7.29. The number of rotatable bonds is 6. The van der Waals surface area contributed by atoms with Gasteiger partial charge in [0.2, 0.25) is 0 Å². The number of halogens is 1. The van der Waals surface area contributed by atoms with Gasteiger partial charge in [0.05, 0.1) is 6.54 Å². The highest BCUT2D eigenvalue weighted by atomic mass is 127. The lowest BCUT2D eigenvalue weighted by Gasteiger charge is -2.30. The topological polar surface area (TPSA) is 53.5 Å². The third kappa shape index (κ3) is 6.44. The molecule has 0 radical (unpaired) electrons. The summed E-state index contributed by atoms with van der Waals surface area (Å²) in [6.07, 6.45) is 8.10. The highest BCUT2D eigenvalue weighted by Crippen LogP contribution is 2.24. The average Bonchev–Trinajstić information content (AvgIpc) is 3.13. The van der Waals surface area contributed by atoms with E-state index in [1.807, 2.05) is 6.92 Å². The summed E-state index contributed by atoms with van der Waals surface area (Å²) in [5, 5.41) is 7.31. The first-order chi connectivity index (χ1) is 12.7. The fraction of sp³-hybridized carbons (Fsp3) is 0.667. The standard InChI is InChI=1S/C21H33N3OS.HI/c1-3-22-21(24-19-9-6-10-20(14-19)26(25)4-2)23-15-16-11-12-17-7-5-8-18(17)13-16;/h11-13,19-20H,3-10,14-15H2,1-2H3,(H2,22,23,24);1H. The van der Waals surface area contributed by atoms with Crippen molar-refractivity contribution >= 4 is 40.7 Å². The van der Waals surface area contributed by atoms with Gasteiger partial charge in [-0.25, -0.2) is 4.99 Å². The summed E-state index contributed by atoms with van der Waals surface area (Å²) in [4.78, 5) is 4.81. The Hall–Kier alpha value is -0.630. The van der Waals surface area contributed by atoms with Gasteiger partial charge < -0.3 is 10.6 Å². The van der Waals surface area contributed by atoms with Crippen molar-refractivity contribution in [2.24, 2.45) is 4.99 Å². The van der Waals surface area contributed by atoms with Crippen LogP contribution in [0.3, 0.4) is 0 Å². The number of fused-ring (bicyclic) bond motifs is 1. The van der Waals surface area contributed by atoms with E-state index in [0.717, 1.165) is 43.9 Å². The van der Waals surface area contributed by atoms with Gasteiger partial charge in [0.1, 0.15) is 0 Å². The summed E-state index contributed by atoms with van der Waals surface area (Å²) in [6, 6.07) is 7.20. The van der Waals surface area contributed by atoms with Gasteiger partial charge in [-0.1, -0.05) is 31.5 Å². The predicted molar refractivity (Wildman–Crippen MR) is 127 cm³/mol. The van der Waals surface area contributed by atoms with Gasteiger partial charge >= 0.3 is 0 Å². The molecule has 152 valence electrons. The fourth-order valence-corrected chi connectivity index (χ4v) is 5.51. The molecule has 1 aromatic carbocycles. The van der Waals surface area contributed by atoms with E-state index < -0.39 is 10.8 Å². The van der Waals surface area contributed by atoms with Gasteiger partial charge in [-0.3, -0.25) is 4.21 Å². The van der Waals surface area contributed by atoms with Crippen LogP contribution in [0.4, 0.5) is 0 Å². The first-order valence-electron chi connectivity index (χ1n) is 10.2. The number of guanidine groups is 1. The first kappa shape index (κ1) is 22.7. The number of nitrogens with one attached hydrogen (secondary N) is 2. The van der Waals surface area contributed by atoms with E-state index in [2.05, 4.69) is 35.8 Å². The quantitative estimate of drug-likeness (QED) is 0.352. The van der Waals surface area contributed by atoms with Crippen LogP contribution in [-0.4, -0.2) is 33.8 Å². The molecule has 2 aliphatic carbocycles. The largest absolute Gasteiger partial charge is 0.357 e. The van der Waals surface area contributed by atoms with Crippen molar-refractivity contribution in [2.45, 2.75) is 76.6 Å². The summed E-state index contributed by atoms with van der Waals surface area (Å²) in [5.41, 5.74) is 4.31. The Morgan fingerprint density at radius 1 is 1.19 bits per heavy atom. The van der Waals surface area contributed by atoms with Crippen LogP contribution in [0.1, 0.15) is 62.6 Å². The lowest BCUT2D eigenvalue weighted by Crippen LogP contribution is -2.46. The van der Waals surface area contributed by atoms with Crippen molar-refractivity contribution in [2.75, 3.05) is 12.3 Å². The molecule has 0 bridgehead atoms. The molecule has 1 aromatic rings. The minimum atomic E-state index is -0.687. The average molecular weight is 503 g/mol. The van der Waals surface area contributed by atoms with Crippen molar-refractivity contribution in [3.05, 3.63) is 34.9 Å². The van der Waals surface area contributed by atoms with Crippen LogP contribution in [0.2, 0.25) is 0 Å². The molecular weight excluding hydrogens is 469 g/mol. The third-order valence-electron chi connectivity index (χ3n) is 5.55. The number of aliphatic imine (C=N–C) groups is 1. The lowest BCUT2D eigenvalue weighted by atomic mass is 9.95. The van der Waals surface area contributed by atoms with E-state index in [1.54, 1.807) is 0 Å². The minimum absolute atomic E-state index is 0. The maximum Gasteiger partial charge on any atom is 0.191 e. The molecule has 2 N–H and O–H groups in total. The highest BCUT2D eigenvalue weighted by Gasteiger charge is 2.26. The summed E-state index contributed by atoms with van der Waals surface area (Å²) < 4.78 is 12.2. The molecule has 0 amide bonds. The van der Waals surface area contributed by atoms with Crippen LogP contribution in [-0.2, 0) is 30.2 Å². The smallest absolute Gasteiger partial charge is 0.191 e. The summed E-state index contributed by atoms with van der Waals surface area (Å²) >= 11 is 0. The molecule has 0 aliphatic heterocycles. The van der Waals surface area contributed by atoms with Crippen molar-refractivity contribution in [3.63, 3.8) is 0 Å². The number of hydrogen-bond donors (Lipinski definition) is 2. The van der Waals surface area contributed by atoms with Crippen LogP contribution in [0.5, 0.6) is 0 Å². The van der Waals surface area contributed by atoms with Gasteiger partial charge in [0, 0.05) is 34.4 Å². The molecule has 1 saturated carbocycles. The molecular formula is C21H34IN3OS. The van der Waals surface area contributed by atoms with Crippen molar-refractivity contribution in [1.29, 1.82) is 0 Å². The number of aryl methyl sites for hydroxylation is 2. The second-order valence-electron chi connectivity index (χ2n) is 7.45. The van der Waals surface area contributed by atoms with Crippen LogP contribution in [0, 0.1) is 0 Å². The lowest BCUT2D eigenvalue weighted by molar-refractivity contribution is 0.413. The molecule has 4 nitrogen and oxygen atoms in total. The van der Waals surface area contributed by atoms with E-state index in [4.69, 9.17) is 4.99 Å². The molecule has 6 heteroatoms. The van der Waals surface area contributed by atoms with Gasteiger partial charge in [0.15, 0.2) is 5.96 Å². The Balaban J connectivity index is 0.00000261. The Morgan fingerprint density at radius 2 is 2.00 bits per heavy atom. The molecule has 1 fully saturated rings. The maximum absolute atomic E-state index is 12.2. The van der Waals surface area contributed by atoms with Gasteiger partial charge in [-0.2, -0.15) is 0 Å². The zero-order chi connectivity index (χ0) is 18.4. The van der Waals surface area contributed by atoms with E-state index >= 15 is 0 Å². The van der Waals surface area contributed by atoms with E-state index in [1.165, 1.54) is 36.0 Å². The first-order valence-corrected chi connectivity index (χ1v) is 11.6. The van der Waals surface area contributed by atoms with Gasteiger partial charge in [-0.15, -0.1) is 24.0 Å². The fourth-order valence-electron chi connectivity index (χ4n) is 4.16. The summed E-state index contributed by atoms with van der Waals surface area (Å²) in [6.45, 7) is 5.68. The second-order valence-corrected chi connectivity index (χ2v) is 9.46. The van der Waals surface area contributed by atoms with E-state index in [0.29, 0.717) is 17.8 Å². The second kappa shape index (κ2) is 11.4. The zero-order valence-electron chi connectivity index (χ0n) is 16.6. The SMILES string of the molecule is CCNC(=NCc1ccc2c(c1)CCC2)NC1CCCC(S(=O)CC)C1.I. The molecule has 0 spiro atoms. The molecule has 0 saturated heterocycles. The van der Waals surface area contributed by atoms with Crippen molar-refractivity contribution < 1.29 is 4.21 Å². The molecule has 3 unspecified atom stereocenters. The minimum Gasteiger partial charge on any atom is -0.357 e. The molecule has 3 rings (SSSR count). The molecule has 0 heterocycles. The van der Waals surface area contributed by atoms with Crippen molar-refractivity contribution in [3.8, 4) is 0 Å². The maximum atomic E-state index is 12.2. The van der Waals surface area contributed by atoms with Crippen LogP contribution in [0.25, 0.3) is 0 Å². The van der Waals surface area contributed by atoms with Crippen LogP contribution >= 0.6 is 24.0 Å². The predicted octanol–water partition coefficient (Wildman–Crippen LogP) is 3.93. The summed E-state index contributed by atoms with van der Waals surface area (Å²) in [7, 11) is -0.687. The van der Waals surface area contributed by atoms with Crippen LogP contribution < -0.4 is 10.6 Å². The molecule has 3 atom stereocenters. The Labute approximate surface area is 183 Å². The number of benzene rings is 1. The van der Waals surface area contributed by atoms with Crippen molar-refractivity contribution in [1.82, 2.24) is 10.6 Å².